The lowest BCUT2D eigenvalue weighted by Crippen LogP contribution is -2.50. The second kappa shape index (κ2) is 9.23. The highest BCUT2D eigenvalue weighted by Gasteiger charge is 2.44. The van der Waals surface area contributed by atoms with Crippen LogP contribution in [0.3, 0.4) is 0 Å². The first-order valence-corrected chi connectivity index (χ1v) is 10.7. The SMILES string of the molecule is CC(C)(C)OC(=O)N1C[C@@H](NCc2ccc(Cl)cc2)C[C@H]1C(=O)N1CCCC1C#N. The number of nitrogens with zero attached hydrogens (tertiary/aromatic N) is 3. The predicted molar refractivity (Wildman–Crippen MR) is 114 cm³/mol. The quantitative estimate of drug-likeness (QED) is 0.788. The van der Waals surface area contributed by atoms with Gasteiger partial charge in [0, 0.05) is 30.7 Å². The normalized spacial score (nSPS) is 24.0. The third-order valence-electron chi connectivity index (χ3n) is 5.41. The molecule has 1 aromatic rings. The molecule has 7 nitrogen and oxygen atoms in total. The Balaban J connectivity index is 1.72. The smallest absolute Gasteiger partial charge is 0.411 e. The Morgan fingerprint density at radius 1 is 1.27 bits per heavy atom. The van der Waals surface area contributed by atoms with E-state index in [0.29, 0.717) is 37.5 Å². The van der Waals surface area contributed by atoms with Crippen LogP contribution in [0.4, 0.5) is 4.79 Å². The number of nitriles is 1. The van der Waals surface area contributed by atoms with E-state index in [1.54, 1.807) is 25.7 Å². The first kappa shape index (κ1) is 22.4. The van der Waals surface area contributed by atoms with Crippen LogP contribution in [0.5, 0.6) is 0 Å². The summed E-state index contributed by atoms with van der Waals surface area (Å²) in [5.74, 6) is -0.166. The number of hydrogen-bond donors (Lipinski definition) is 1. The minimum Gasteiger partial charge on any atom is -0.444 e. The zero-order chi connectivity index (χ0) is 21.9. The van der Waals surface area contributed by atoms with E-state index >= 15 is 0 Å². The third-order valence-corrected chi connectivity index (χ3v) is 5.66. The second-order valence-corrected chi connectivity index (χ2v) is 9.34. The molecular formula is C22H29ClN4O3. The lowest BCUT2D eigenvalue weighted by atomic mass is 10.1. The molecule has 2 fully saturated rings. The van der Waals surface area contributed by atoms with E-state index in [4.69, 9.17) is 16.3 Å². The summed E-state index contributed by atoms with van der Waals surface area (Å²) in [6.07, 6.45) is 1.48. The third kappa shape index (κ3) is 5.44. The Kier molecular flexibility index (Phi) is 6.89. The van der Waals surface area contributed by atoms with Crippen molar-refractivity contribution < 1.29 is 14.3 Å². The van der Waals surface area contributed by atoms with Crippen LogP contribution >= 0.6 is 11.6 Å². The highest BCUT2D eigenvalue weighted by Crippen LogP contribution is 2.27. The van der Waals surface area contributed by atoms with Gasteiger partial charge in [0.15, 0.2) is 0 Å². The van der Waals surface area contributed by atoms with Crippen LogP contribution < -0.4 is 5.32 Å². The van der Waals surface area contributed by atoms with Gasteiger partial charge in [-0.2, -0.15) is 5.26 Å². The molecule has 30 heavy (non-hydrogen) atoms. The number of hydrogen-bond acceptors (Lipinski definition) is 5. The van der Waals surface area contributed by atoms with Gasteiger partial charge in [0.05, 0.1) is 6.07 Å². The Labute approximate surface area is 182 Å². The molecule has 0 aliphatic carbocycles. The maximum atomic E-state index is 13.2. The van der Waals surface area contributed by atoms with Crippen molar-refractivity contribution in [3.8, 4) is 6.07 Å². The number of carbonyl (C=O) groups excluding carboxylic acids is 2. The van der Waals surface area contributed by atoms with Gasteiger partial charge in [-0.1, -0.05) is 23.7 Å². The van der Waals surface area contributed by atoms with Crippen LogP contribution in [0.15, 0.2) is 24.3 Å². The van der Waals surface area contributed by atoms with Crippen LogP contribution in [-0.4, -0.2) is 58.6 Å². The summed E-state index contributed by atoms with van der Waals surface area (Å²) in [6.45, 7) is 6.96. The van der Waals surface area contributed by atoms with E-state index in [-0.39, 0.29) is 11.9 Å². The van der Waals surface area contributed by atoms with Crippen LogP contribution in [0.1, 0.15) is 45.6 Å². The second-order valence-electron chi connectivity index (χ2n) is 8.91. The average Bonchev–Trinajstić information content (AvgIpc) is 3.32. The lowest BCUT2D eigenvalue weighted by Gasteiger charge is -2.30. The van der Waals surface area contributed by atoms with Gasteiger partial charge in [0.2, 0.25) is 5.91 Å². The number of amides is 2. The van der Waals surface area contributed by atoms with Gasteiger partial charge < -0.3 is 15.0 Å². The number of likely N-dealkylation sites (tertiary alicyclic amines) is 2. The first-order valence-electron chi connectivity index (χ1n) is 10.4. The average molecular weight is 433 g/mol. The molecule has 0 saturated carbocycles. The predicted octanol–water partition coefficient (Wildman–Crippen LogP) is 3.32. The van der Waals surface area contributed by atoms with Gasteiger partial charge in [-0.25, -0.2) is 4.79 Å². The fourth-order valence-electron chi connectivity index (χ4n) is 3.96. The summed E-state index contributed by atoms with van der Waals surface area (Å²) in [5.41, 5.74) is 0.421. The van der Waals surface area contributed by atoms with Gasteiger partial charge in [-0.15, -0.1) is 0 Å². The molecule has 1 unspecified atom stereocenters. The number of ether oxygens (including phenoxy) is 1. The molecule has 0 radical (unpaired) electrons. The van der Waals surface area contributed by atoms with E-state index in [1.165, 1.54) is 4.90 Å². The number of benzene rings is 1. The van der Waals surface area contributed by atoms with Crippen molar-refractivity contribution in [1.82, 2.24) is 15.1 Å². The van der Waals surface area contributed by atoms with E-state index < -0.39 is 23.8 Å². The Morgan fingerprint density at radius 2 is 1.97 bits per heavy atom. The molecule has 8 heteroatoms. The van der Waals surface area contributed by atoms with Gasteiger partial charge >= 0.3 is 6.09 Å². The fourth-order valence-corrected chi connectivity index (χ4v) is 4.09. The van der Waals surface area contributed by atoms with Crippen LogP contribution in [-0.2, 0) is 16.1 Å². The van der Waals surface area contributed by atoms with Crippen molar-refractivity contribution in [2.75, 3.05) is 13.1 Å². The molecule has 162 valence electrons. The van der Waals surface area contributed by atoms with Gasteiger partial charge in [-0.05, 0) is 57.7 Å². The molecular weight excluding hydrogens is 404 g/mol. The molecule has 1 aromatic carbocycles. The highest BCUT2D eigenvalue weighted by atomic mass is 35.5. The summed E-state index contributed by atoms with van der Waals surface area (Å²) in [7, 11) is 0. The molecule has 0 spiro atoms. The van der Waals surface area contributed by atoms with Gasteiger partial charge in [0.1, 0.15) is 17.7 Å². The summed E-state index contributed by atoms with van der Waals surface area (Å²) in [5, 5.41) is 13.5. The number of rotatable bonds is 4. The lowest BCUT2D eigenvalue weighted by molar-refractivity contribution is -0.135. The largest absolute Gasteiger partial charge is 0.444 e. The van der Waals surface area contributed by atoms with Gasteiger partial charge in [0.25, 0.3) is 0 Å². The van der Waals surface area contributed by atoms with Crippen molar-refractivity contribution in [2.24, 2.45) is 0 Å². The van der Waals surface area contributed by atoms with Gasteiger partial charge in [-0.3, -0.25) is 9.69 Å². The zero-order valence-corrected chi connectivity index (χ0v) is 18.5. The minimum atomic E-state index is -0.650. The Hall–Kier alpha value is -2.30. The standard InChI is InChI=1S/C22H29ClN4O3/c1-22(2,3)30-21(29)27-14-17(25-13-15-6-8-16(23)9-7-15)11-19(27)20(28)26-10-4-5-18(26)12-24/h6-9,17-19,25H,4-5,10-11,13-14H2,1-3H3/t17-,18?,19-/m0/s1. The first-order chi connectivity index (χ1) is 14.2. The van der Waals surface area contributed by atoms with E-state index in [2.05, 4.69) is 11.4 Å². The van der Waals surface area contributed by atoms with Crippen molar-refractivity contribution in [3.05, 3.63) is 34.9 Å². The summed E-state index contributed by atoms with van der Waals surface area (Å²) < 4.78 is 5.55. The topological polar surface area (TPSA) is 85.7 Å². The van der Waals surface area contributed by atoms with E-state index in [0.717, 1.165) is 12.0 Å². The molecule has 2 saturated heterocycles. The van der Waals surface area contributed by atoms with E-state index in [1.807, 2.05) is 24.3 Å². The van der Waals surface area contributed by atoms with Crippen LogP contribution in [0.25, 0.3) is 0 Å². The maximum absolute atomic E-state index is 13.2. The summed E-state index contributed by atoms with van der Waals surface area (Å²) >= 11 is 5.94. The van der Waals surface area contributed by atoms with E-state index in [9.17, 15) is 14.9 Å². The highest BCUT2D eigenvalue weighted by molar-refractivity contribution is 6.30. The number of nitrogens with one attached hydrogen (secondary N) is 1. The Bertz CT molecular complexity index is 815. The molecule has 2 amide bonds. The summed E-state index contributed by atoms with van der Waals surface area (Å²) in [4.78, 5) is 29.2. The fraction of sp³-hybridized carbons (Fsp3) is 0.591. The van der Waals surface area contributed by atoms with Crippen LogP contribution in [0, 0.1) is 11.3 Å². The number of halogens is 1. The number of carbonyl (C=O) groups is 2. The molecule has 2 aliphatic heterocycles. The molecule has 2 heterocycles. The molecule has 3 atom stereocenters. The minimum absolute atomic E-state index is 0.0507. The Morgan fingerprint density at radius 3 is 2.60 bits per heavy atom. The van der Waals surface area contributed by atoms with Crippen LogP contribution in [0.2, 0.25) is 5.02 Å². The maximum Gasteiger partial charge on any atom is 0.411 e. The molecule has 2 aliphatic rings. The van der Waals surface area contributed by atoms with Crippen molar-refractivity contribution in [1.29, 1.82) is 5.26 Å². The van der Waals surface area contributed by atoms with Crippen molar-refractivity contribution >= 4 is 23.6 Å². The molecule has 1 N–H and O–H groups in total. The summed E-state index contributed by atoms with van der Waals surface area (Å²) in [6, 6.07) is 8.67. The van der Waals surface area contributed by atoms with Crippen molar-refractivity contribution in [2.45, 2.75) is 70.3 Å². The molecule has 0 aromatic heterocycles. The molecule has 0 bridgehead atoms. The molecule has 3 rings (SSSR count). The monoisotopic (exact) mass is 432 g/mol. The zero-order valence-electron chi connectivity index (χ0n) is 17.7. The van der Waals surface area contributed by atoms with Crippen molar-refractivity contribution in [3.63, 3.8) is 0 Å².